The lowest BCUT2D eigenvalue weighted by molar-refractivity contribution is 0.462. The van der Waals surface area contributed by atoms with Crippen LogP contribution in [-0.4, -0.2) is 11.0 Å². The molecule has 1 N–H and O–H groups in total. The molecule has 3 rings (SSSR count). The summed E-state index contributed by atoms with van der Waals surface area (Å²) >= 11 is 0. The minimum Gasteiger partial charge on any atom is -0.439 e. The highest BCUT2D eigenvalue weighted by Gasteiger charge is 2.19. The van der Waals surface area contributed by atoms with E-state index in [0.29, 0.717) is 11.8 Å². The van der Waals surface area contributed by atoms with Gasteiger partial charge in [-0.05, 0) is 42.0 Å². The fraction of sp³-hybridized carbons (Fsp3) is 0.389. The molecule has 110 valence electrons. The summed E-state index contributed by atoms with van der Waals surface area (Å²) in [4.78, 5) is 4.37. The van der Waals surface area contributed by atoms with E-state index in [1.165, 1.54) is 24.0 Å². The van der Waals surface area contributed by atoms with Crippen LogP contribution in [-0.2, 0) is 6.54 Å². The van der Waals surface area contributed by atoms with Crippen LogP contribution in [0.3, 0.4) is 0 Å². The van der Waals surface area contributed by atoms with Gasteiger partial charge >= 0.3 is 0 Å². The Labute approximate surface area is 126 Å². The molecule has 3 heteroatoms. The summed E-state index contributed by atoms with van der Waals surface area (Å²) in [6.45, 7) is 5.26. The summed E-state index contributed by atoms with van der Waals surface area (Å²) in [7, 11) is 0. The van der Waals surface area contributed by atoms with E-state index in [1.54, 1.807) is 0 Å². The first-order chi connectivity index (χ1) is 10.2. The van der Waals surface area contributed by atoms with Gasteiger partial charge in [-0.2, -0.15) is 0 Å². The van der Waals surface area contributed by atoms with E-state index in [-0.39, 0.29) is 0 Å². The van der Waals surface area contributed by atoms with Crippen LogP contribution in [0.25, 0.3) is 0 Å². The Hall–Kier alpha value is -1.87. The molecule has 1 aliphatic rings. The van der Waals surface area contributed by atoms with Crippen molar-refractivity contribution < 1.29 is 4.74 Å². The largest absolute Gasteiger partial charge is 0.439 e. The molecule has 0 aliphatic heterocycles. The van der Waals surface area contributed by atoms with Gasteiger partial charge in [0.15, 0.2) is 0 Å². The summed E-state index contributed by atoms with van der Waals surface area (Å²) < 4.78 is 5.77. The van der Waals surface area contributed by atoms with Crippen molar-refractivity contribution in [2.45, 2.75) is 45.2 Å². The van der Waals surface area contributed by atoms with E-state index >= 15 is 0 Å². The number of aromatic nitrogens is 1. The van der Waals surface area contributed by atoms with Gasteiger partial charge in [0.1, 0.15) is 5.75 Å². The lowest BCUT2D eigenvalue weighted by atomic mass is 10.0. The van der Waals surface area contributed by atoms with E-state index in [0.717, 1.165) is 18.3 Å². The third-order valence-electron chi connectivity index (χ3n) is 3.74. The van der Waals surface area contributed by atoms with Crippen LogP contribution in [0.5, 0.6) is 11.6 Å². The topological polar surface area (TPSA) is 34.1 Å². The second-order valence-corrected chi connectivity index (χ2v) is 5.99. The van der Waals surface area contributed by atoms with Gasteiger partial charge in [-0.15, -0.1) is 0 Å². The molecule has 0 amide bonds. The molecule has 1 aromatic carbocycles. The van der Waals surface area contributed by atoms with E-state index < -0.39 is 0 Å². The minimum absolute atomic E-state index is 0.537. The van der Waals surface area contributed by atoms with Crippen LogP contribution in [0.2, 0.25) is 0 Å². The fourth-order valence-corrected chi connectivity index (χ4v) is 2.17. The lowest BCUT2D eigenvalue weighted by Gasteiger charge is -2.08. The molecular weight excluding hydrogens is 260 g/mol. The zero-order valence-corrected chi connectivity index (χ0v) is 12.7. The van der Waals surface area contributed by atoms with Crippen molar-refractivity contribution in [3.8, 4) is 11.6 Å². The smallest absolute Gasteiger partial charge is 0.219 e. The van der Waals surface area contributed by atoms with Gasteiger partial charge in [0.2, 0.25) is 5.88 Å². The number of nitrogens with zero attached hydrogens (tertiary/aromatic N) is 1. The van der Waals surface area contributed by atoms with Crippen molar-refractivity contribution in [1.29, 1.82) is 0 Å². The highest BCUT2D eigenvalue weighted by atomic mass is 16.5. The Bertz CT molecular complexity index is 571. The van der Waals surface area contributed by atoms with Crippen molar-refractivity contribution in [3.05, 3.63) is 53.7 Å². The van der Waals surface area contributed by atoms with Crippen molar-refractivity contribution in [2.75, 3.05) is 0 Å². The Morgan fingerprint density at radius 1 is 1.14 bits per heavy atom. The highest BCUT2D eigenvalue weighted by Crippen LogP contribution is 2.23. The third-order valence-corrected chi connectivity index (χ3v) is 3.74. The SMILES string of the molecule is CC(C)c1ccc(Oc2ccc(CNC3CC3)cn2)cc1. The maximum absolute atomic E-state index is 5.77. The monoisotopic (exact) mass is 282 g/mol. The molecule has 1 saturated carbocycles. The number of ether oxygens (including phenoxy) is 1. The molecule has 3 nitrogen and oxygen atoms in total. The predicted octanol–water partition coefficient (Wildman–Crippen LogP) is 4.25. The first-order valence-corrected chi connectivity index (χ1v) is 7.67. The van der Waals surface area contributed by atoms with E-state index in [4.69, 9.17) is 4.74 Å². The van der Waals surface area contributed by atoms with Gasteiger partial charge < -0.3 is 10.1 Å². The van der Waals surface area contributed by atoms with Gasteiger partial charge in [0.25, 0.3) is 0 Å². The van der Waals surface area contributed by atoms with Crippen molar-refractivity contribution in [3.63, 3.8) is 0 Å². The standard InChI is InChI=1S/C18H22N2O/c1-13(2)15-4-8-17(9-5-15)21-18-10-3-14(12-20-18)11-19-16-6-7-16/h3-5,8-10,12-13,16,19H,6-7,11H2,1-2H3. The average Bonchev–Trinajstić information content (AvgIpc) is 3.31. The molecule has 0 atom stereocenters. The molecule has 1 aliphatic carbocycles. The molecule has 0 bridgehead atoms. The van der Waals surface area contributed by atoms with Crippen LogP contribution >= 0.6 is 0 Å². The molecule has 0 unspecified atom stereocenters. The molecule has 2 aromatic rings. The maximum atomic E-state index is 5.77. The number of rotatable bonds is 6. The summed E-state index contributed by atoms with van der Waals surface area (Å²) in [6.07, 6.45) is 4.50. The normalized spacial score (nSPS) is 14.4. The second kappa shape index (κ2) is 6.27. The molecule has 1 heterocycles. The Kier molecular flexibility index (Phi) is 4.20. The maximum Gasteiger partial charge on any atom is 0.219 e. The van der Waals surface area contributed by atoms with Crippen molar-refractivity contribution in [1.82, 2.24) is 10.3 Å². The third kappa shape index (κ3) is 4.05. The first-order valence-electron chi connectivity index (χ1n) is 7.67. The van der Waals surface area contributed by atoms with Crippen molar-refractivity contribution >= 4 is 0 Å². The number of pyridine rings is 1. The first kappa shape index (κ1) is 14.1. The Balaban J connectivity index is 1.58. The number of nitrogens with one attached hydrogen (secondary N) is 1. The number of hydrogen-bond acceptors (Lipinski definition) is 3. The van der Waals surface area contributed by atoms with Gasteiger partial charge in [-0.3, -0.25) is 0 Å². The van der Waals surface area contributed by atoms with E-state index in [1.807, 2.05) is 24.4 Å². The quantitative estimate of drug-likeness (QED) is 0.860. The fourth-order valence-electron chi connectivity index (χ4n) is 2.17. The van der Waals surface area contributed by atoms with Gasteiger partial charge in [-0.1, -0.05) is 32.0 Å². The molecule has 1 fully saturated rings. The average molecular weight is 282 g/mol. The van der Waals surface area contributed by atoms with Crippen LogP contribution in [0.4, 0.5) is 0 Å². The van der Waals surface area contributed by atoms with E-state index in [9.17, 15) is 0 Å². The summed E-state index contributed by atoms with van der Waals surface area (Å²) in [5, 5.41) is 3.48. The Morgan fingerprint density at radius 2 is 1.90 bits per heavy atom. The lowest BCUT2D eigenvalue weighted by Crippen LogP contribution is -2.15. The second-order valence-electron chi connectivity index (χ2n) is 5.99. The predicted molar refractivity (Wildman–Crippen MR) is 84.7 cm³/mol. The molecular formula is C18H22N2O. The molecule has 0 spiro atoms. The van der Waals surface area contributed by atoms with Crippen LogP contribution in [0, 0.1) is 0 Å². The number of hydrogen-bond donors (Lipinski definition) is 1. The zero-order chi connectivity index (χ0) is 14.7. The Morgan fingerprint density at radius 3 is 2.48 bits per heavy atom. The van der Waals surface area contributed by atoms with Gasteiger partial charge in [0, 0.05) is 24.8 Å². The summed E-state index contributed by atoms with van der Waals surface area (Å²) in [5.74, 6) is 2.01. The molecule has 1 aromatic heterocycles. The van der Waals surface area contributed by atoms with Gasteiger partial charge in [0.05, 0.1) is 0 Å². The highest BCUT2D eigenvalue weighted by molar-refractivity contribution is 5.32. The van der Waals surface area contributed by atoms with E-state index in [2.05, 4.69) is 42.3 Å². The van der Waals surface area contributed by atoms with Gasteiger partial charge in [-0.25, -0.2) is 4.98 Å². The summed E-state index contributed by atoms with van der Waals surface area (Å²) in [6, 6.07) is 12.9. The number of benzene rings is 1. The van der Waals surface area contributed by atoms with Crippen molar-refractivity contribution in [2.24, 2.45) is 0 Å². The minimum atomic E-state index is 0.537. The molecule has 0 saturated heterocycles. The molecule has 0 radical (unpaired) electrons. The zero-order valence-electron chi connectivity index (χ0n) is 12.7. The van der Waals surface area contributed by atoms with Crippen LogP contribution in [0.1, 0.15) is 43.7 Å². The van der Waals surface area contributed by atoms with Crippen LogP contribution in [0.15, 0.2) is 42.6 Å². The van der Waals surface area contributed by atoms with Crippen LogP contribution < -0.4 is 10.1 Å². The molecule has 21 heavy (non-hydrogen) atoms. The summed E-state index contributed by atoms with van der Waals surface area (Å²) in [5.41, 5.74) is 2.52.